The van der Waals surface area contributed by atoms with Crippen molar-refractivity contribution in [3.05, 3.63) is 41.5 Å². The van der Waals surface area contributed by atoms with Gasteiger partial charge in [0.15, 0.2) is 6.61 Å². The van der Waals surface area contributed by atoms with Crippen molar-refractivity contribution in [3.63, 3.8) is 0 Å². The van der Waals surface area contributed by atoms with Gasteiger partial charge in [0.05, 0.1) is 6.04 Å². The Bertz CT molecular complexity index is 703. The monoisotopic (exact) mass is 370 g/mol. The molecule has 146 valence electrons. The molecule has 5 heteroatoms. The fourth-order valence-electron chi connectivity index (χ4n) is 3.57. The standard InChI is InChI=1S/C22H30N2O3/c1-3-19(23-21(25)14-16(2)17-10-11-17)18-8-4-5-9-20(18)27-15-22(26)24-12-6-7-13-24/h4-5,8-9,14,17,19H,3,6-7,10-13,15H2,1-2H3,(H,23,25)/b16-14+/t19-/m0/s1. The molecule has 2 fully saturated rings. The quantitative estimate of drug-likeness (QED) is 0.711. The van der Waals surface area contributed by atoms with Crippen LogP contribution in [0.15, 0.2) is 35.9 Å². The molecule has 0 spiro atoms. The molecule has 2 aliphatic rings. The molecule has 1 saturated heterocycles. The van der Waals surface area contributed by atoms with Crippen LogP contribution in [0.4, 0.5) is 0 Å². The van der Waals surface area contributed by atoms with Crippen LogP contribution in [-0.4, -0.2) is 36.4 Å². The number of benzene rings is 1. The fourth-order valence-corrected chi connectivity index (χ4v) is 3.57. The van der Waals surface area contributed by atoms with E-state index in [0.717, 1.165) is 43.5 Å². The highest BCUT2D eigenvalue weighted by atomic mass is 16.5. The van der Waals surface area contributed by atoms with E-state index in [1.165, 1.54) is 12.8 Å². The number of nitrogens with one attached hydrogen (secondary N) is 1. The number of carbonyl (C=O) groups is 2. The summed E-state index contributed by atoms with van der Waals surface area (Å²) < 4.78 is 5.85. The molecule has 0 unspecified atom stereocenters. The first kappa shape index (κ1) is 19.5. The number of rotatable bonds is 8. The van der Waals surface area contributed by atoms with Crippen molar-refractivity contribution in [2.24, 2.45) is 5.92 Å². The fraction of sp³-hybridized carbons (Fsp3) is 0.545. The largest absolute Gasteiger partial charge is 0.483 e. The smallest absolute Gasteiger partial charge is 0.260 e. The van der Waals surface area contributed by atoms with Gasteiger partial charge in [-0.3, -0.25) is 9.59 Å². The molecule has 1 N–H and O–H groups in total. The molecule has 1 saturated carbocycles. The van der Waals surface area contributed by atoms with Crippen molar-refractivity contribution in [1.29, 1.82) is 0 Å². The average Bonchev–Trinajstić information content (AvgIpc) is 3.39. The van der Waals surface area contributed by atoms with Crippen LogP contribution >= 0.6 is 0 Å². The zero-order valence-corrected chi connectivity index (χ0v) is 16.4. The number of nitrogens with zero attached hydrogens (tertiary/aromatic N) is 1. The summed E-state index contributed by atoms with van der Waals surface area (Å²) in [6, 6.07) is 7.52. The van der Waals surface area contributed by atoms with E-state index in [2.05, 4.69) is 5.32 Å². The van der Waals surface area contributed by atoms with Gasteiger partial charge in [-0.25, -0.2) is 0 Å². The van der Waals surface area contributed by atoms with E-state index in [0.29, 0.717) is 11.7 Å². The van der Waals surface area contributed by atoms with Gasteiger partial charge in [-0.15, -0.1) is 0 Å². The van der Waals surface area contributed by atoms with E-state index in [4.69, 9.17) is 4.74 Å². The predicted molar refractivity (Wildman–Crippen MR) is 105 cm³/mol. The van der Waals surface area contributed by atoms with E-state index >= 15 is 0 Å². The first-order chi connectivity index (χ1) is 13.1. The number of likely N-dealkylation sites (tertiary alicyclic amines) is 1. The maximum Gasteiger partial charge on any atom is 0.260 e. The number of carbonyl (C=O) groups excluding carboxylic acids is 2. The van der Waals surface area contributed by atoms with Gasteiger partial charge < -0.3 is 15.0 Å². The van der Waals surface area contributed by atoms with E-state index in [9.17, 15) is 9.59 Å². The lowest BCUT2D eigenvalue weighted by Gasteiger charge is -2.21. The molecule has 5 nitrogen and oxygen atoms in total. The van der Waals surface area contributed by atoms with Gasteiger partial charge in [0.2, 0.25) is 5.91 Å². The first-order valence-corrected chi connectivity index (χ1v) is 10.1. The number of para-hydroxylation sites is 1. The lowest BCUT2D eigenvalue weighted by molar-refractivity contribution is -0.132. The number of hydrogen-bond donors (Lipinski definition) is 1. The minimum absolute atomic E-state index is 0.0300. The molecule has 0 aromatic heterocycles. The zero-order chi connectivity index (χ0) is 19.2. The highest BCUT2D eigenvalue weighted by Crippen LogP contribution is 2.36. The molecule has 3 rings (SSSR count). The van der Waals surface area contributed by atoms with E-state index in [1.807, 2.05) is 43.0 Å². The molecule has 1 heterocycles. The Morgan fingerprint density at radius 3 is 2.63 bits per heavy atom. The summed E-state index contributed by atoms with van der Waals surface area (Å²) in [6.07, 6.45) is 6.99. The lowest BCUT2D eigenvalue weighted by Crippen LogP contribution is -2.32. The van der Waals surface area contributed by atoms with E-state index in [1.54, 1.807) is 6.08 Å². The maximum absolute atomic E-state index is 12.4. The van der Waals surface area contributed by atoms with Crippen molar-refractivity contribution in [2.45, 2.75) is 52.0 Å². The lowest BCUT2D eigenvalue weighted by atomic mass is 10.0. The normalized spacial score (nSPS) is 18.3. The summed E-state index contributed by atoms with van der Waals surface area (Å²) in [4.78, 5) is 26.5. The number of allylic oxidation sites excluding steroid dienone is 1. The topological polar surface area (TPSA) is 58.6 Å². The van der Waals surface area contributed by atoms with Crippen molar-refractivity contribution in [2.75, 3.05) is 19.7 Å². The molecule has 27 heavy (non-hydrogen) atoms. The summed E-state index contributed by atoms with van der Waals surface area (Å²) in [7, 11) is 0. The second-order valence-electron chi connectivity index (χ2n) is 7.55. The summed E-state index contributed by atoms with van der Waals surface area (Å²) in [5, 5.41) is 3.09. The van der Waals surface area contributed by atoms with Gasteiger partial charge in [-0.2, -0.15) is 0 Å². The first-order valence-electron chi connectivity index (χ1n) is 10.1. The van der Waals surface area contributed by atoms with Crippen LogP contribution in [0.2, 0.25) is 0 Å². The van der Waals surface area contributed by atoms with Gasteiger partial charge in [-0.05, 0) is 51.0 Å². The SMILES string of the molecule is CC[C@H](NC(=O)/C=C(\C)C1CC1)c1ccccc1OCC(=O)N1CCCC1. The minimum atomic E-state index is -0.140. The van der Waals surface area contributed by atoms with Crippen molar-refractivity contribution in [3.8, 4) is 5.75 Å². The molecule has 0 radical (unpaired) electrons. The third kappa shape index (κ3) is 5.34. The number of hydrogen-bond acceptors (Lipinski definition) is 3. The Morgan fingerprint density at radius 2 is 1.96 bits per heavy atom. The van der Waals surface area contributed by atoms with Crippen LogP contribution < -0.4 is 10.1 Å². The van der Waals surface area contributed by atoms with Crippen LogP contribution in [0.1, 0.15) is 57.6 Å². The summed E-state index contributed by atoms with van der Waals surface area (Å²) >= 11 is 0. The van der Waals surface area contributed by atoms with Crippen LogP contribution in [0.25, 0.3) is 0 Å². The van der Waals surface area contributed by atoms with E-state index in [-0.39, 0.29) is 24.5 Å². The molecule has 1 aliphatic heterocycles. The third-order valence-corrected chi connectivity index (χ3v) is 5.41. The third-order valence-electron chi connectivity index (χ3n) is 5.41. The Kier molecular flexibility index (Phi) is 6.54. The van der Waals surface area contributed by atoms with Gasteiger partial charge >= 0.3 is 0 Å². The summed E-state index contributed by atoms with van der Waals surface area (Å²) in [5.74, 6) is 1.22. The molecular formula is C22H30N2O3. The maximum atomic E-state index is 12.4. The van der Waals surface area contributed by atoms with Crippen LogP contribution in [0.3, 0.4) is 0 Å². The Balaban J connectivity index is 1.64. The van der Waals surface area contributed by atoms with Gasteiger partial charge in [0, 0.05) is 24.7 Å². The van der Waals surface area contributed by atoms with Crippen molar-refractivity contribution >= 4 is 11.8 Å². The Morgan fingerprint density at radius 1 is 1.26 bits per heavy atom. The number of amides is 2. The van der Waals surface area contributed by atoms with Crippen molar-refractivity contribution in [1.82, 2.24) is 10.2 Å². The molecule has 1 atom stereocenters. The molecule has 1 aliphatic carbocycles. The zero-order valence-electron chi connectivity index (χ0n) is 16.4. The molecule has 1 aromatic carbocycles. The van der Waals surface area contributed by atoms with Gasteiger partial charge in [0.1, 0.15) is 5.75 Å². The minimum Gasteiger partial charge on any atom is -0.483 e. The summed E-state index contributed by atoms with van der Waals surface area (Å²) in [6.45, 7) is 5.75. The average molecular weight is 370 g/mol. The highest BCUT2D eigenvalue weighted by Gasteiger charge is 2.24. The van der Waals surface area contributed by atoms with Crippen LogP contribution in [0.5, 0.6) is 5.75 Å². The van der Waals surface area contributed by atoms with Crippen molar-refractivity contribution < 1.29 is 14.3 Å². The molecule has 2 amide bonds. The molecule has 0 bridgehead atoms. The van der Waals surface area contributed by atoms with Crippen LogP contribution in [-0.2, 0) is 9.59 Å². The second kappa shape index (κ2) is 9.07. The summed E-state index contributed by atoms with van der Waals surface area (Å²) in [5.41, 5.74) is 2.07. The Labute approximate surface area is 161 Å². The van der Waals surface area contributed by atoms with Gasteiger partial charge in [-0.1, -0.05) is 30.7 Å². The number of ether oxygens (including phenoxy) is 1. The van der Waals surface area contributed by atoms with E-state index < -0.39 is 0 Å². The van der Waals surface area contributed by atoms with Gasteiger partial charge in [0.25, 0.3) is 5.91 Å². The highest BCUT2D eigenvalue weighted by molar-refractivity contribution is 5.88. The molecular weight excluding hydrogens is 340 g/mol. The second-order valence-corrected chi connectivity index (χ2v) is 7.55. The molecule has 1 aromatic rings. The van der Waals surface area contributed by atoms with Crippen LogP contribution in [0, 0.1) is 5.92 Å². The predicted octanol–water partition coefficient (Wildman–Crippen LogP) is 3.61. The Hall–Kier alpha value is -2.30.